The molecule has 0 spiro atoms. The van der Waals surface area contributed by atoms with Crippen molar-refractivity contribution in [3.63, 3.8) is 0 Å². The van der Waals surface area contributed by atoms with Gasteiger partial charge in [0.05, 0.1) is 18.3 Å². The first-order valence-corrected chi connectivity index (χ1v) is 11.1. The predicted molar refractivity (Wildman–Crippen MR) is 111 cm³/mol. The van der Waals surface area contributed by atoms with Gasteiger partial charge in [0, 0.05) is 6.61 Å². The lowest BCUT2D eigenvalue weighted by Crippen LogP contribution is -2.42. The summed E-state index contributed by atoms with van der Waals surface area (Å²) in [4.78, 5) is 34.3. The Bertz CT molecular complexity index is 460. The summed E-state index contributed by atoms with van der Waals surface area (Å²) in [6.45, 7) is 2.08. The van der Waals surface area contributed by atoms with Crippen LogP contribution >= 0.6 is 0 Å². The average Bonchev–Trinajstić information content (AvgIpc) is 2.64. The van der Waals surface area contributed by atoms with Gasteiger partial charge in [0.1, 0.15) is 0 Å². The summed E-state index contributed by atoms with van der Waals surface area (Å²) >= 11 is 0. The molecule has 0 rings (SSSR count). The van der Waals surface area contributed by atoms with Crippen LogP contribution in [0.1, 0.15) is 103 Å². The molecule has 0 aromatic heterocycles. The highest BCUT2D eigenvalue weighted by molar-refractivity contribution is 5.86. The summed E-state index contributed by atoms with van der Waals surface area (Å²) in [7, 11) is 0. The van der Waals surface area contributed by atoms with Crippen molar-refractivity contribution >= 4 is 17.9 Å². The summed E-state index contributed by atoms with van der Waals surface area (Å²) in [5.74, 6) is -4.34. The molecule has 1 atom stereocenters. The summed E-state index contributed by atoms with van der Waals surface area (Å²) in [5.41, 5.74) is -1.75. The van der Waals surface area contributed by atoms with Crippen molar-refractivity contribution in [2.45, 2.75) is 103 Å². The number of aliphatic carboxylic acids is 3. The van der Waals surface area contributed by atoms with E-state index in [9.17, 15) is 19.5 Å². The number of hydrogen-bond acceptors (Lipinski definition) is 4. The number of carbonyl (C=O) groups is 3. The molecule has 170 valence electrons. The molecule has 4 N–H and O–H groups in total. The minimum atomic E-state index is -1.75. The zero-order chi connectivity index (χ0) is 22.1. The van der Waals surface area contributed by atoms with E-state index in [1.165, 1.54) is 32.1 Å². The summed E-state index contributed by atoms with van der Waals surface area (Å²) in [6, 6.07) is 0. The van der Waals surface area contributed by atoms with E-state index in [0.29, 0.717) is 12.8 Å². The fourth-order valence-electron chi connectivity index (χ4n) is 4.18. The highest BCUT2D eigenvalue weighted by atomic mass is 16.4. The second-order valence-electron chi connectivity index (χ2n) is 8.11. The predicted octanol–water partition coefficient (Wildman–Crippen LogP) is 4.71. The van der Waals surface area contributed by atoms with Gasteiger partial charge in [0.15, 0.2) is 0 Å². The first kappa shape index (κ1) is 27.4. The number of rotatable bonds is 20. The van der Waals surface area contributed by atoms with Gasteiger partial charge in [0.25, 0.3) is 0 Å². The second kappa shape index (κ2) is 16.2. The molecule has 0 radical (unpaired) electrons. The van der Waals surface area contributed by atoms with Crippen molar-refractivity contribution in [2.24, 2.45) is 11.3 Å². The number of carboxylic acids is 3. The Morgan fingerprint density at radius 1 is 0.690 bits per heavy atom. The van der Waals surface area contributed by atoms with E-state index < -0.39 is 42.1 Å². The molecule has 29 heavy (non-hydrogen) atoms. The number of aliphatic hydroxyl groups is 1. The number of hydrogen-bond donors (Lipinski definition) is 4. The number of carboxylic acid groups (broad SMARTS) is 3. The fraction of sp³-hybridized carbons (Fsp3) is 0.864. The molecule has 0 aliphatic carbocycles. The normalized spacial score (nSPS) is 12.6. The molecule has 0 saturated heterocycles. The first-order valence-electron chi connectivity index (χ1n) is 11.1. The van der Waals surface area contributed by atoms with Crippen molar-refractivity contribution in [3.05, 3.63) is 0 Å². The molecule has 0 aromatic carbocycles. The molecular formula is C22H40O7. The maximum Gasteiger partial charge on any atom is 0.311 e. The average molecular weight is 417 g/mol. The van der Waals surface area contributed by atoms with Crippen LogP contribution in [0.3, 0.4) is 0 Å². The van der Waals surface area contributed by atoms with Gasteiger partial charge in [-0.2, -0.15) is 0 Å². The van der Waals surface area contributed by atoms with Crippen LogP contribution in [0.4, 0.5) is 0 Å². The van der Waals surface area contributed by atoms with Gasteiger partial charge in [-0.15, -0.1) is 0 Å². The van der Waals surface area contributed by atoms with Crippen LogP contribution in [0.2, 0.25) is 0 Å². The molecule has 0 saturated carbocycles. The van der Waals surface area contributed by atoms with Gasteiger partial charge >= 0.3 is 17.9 Å². The minimum Gasteiger partial charge on any atom is -0.481 e. The van der Waals surface area contributed by atoms with Crippen LogP contribution in [0, 0.1) is 11.3 Å². The fourth-order valence-corrected chi connectivity index (χ4v) is 4.18. The second-order valence-corrected chi connectivity index (χ2v) is 8.11. The Morgan fingerprint density at radius 3 is 1.38 bits per heavy atom. The van der Waals surface area contributed by atoms with Crippen LogP contribution in [0.15, 0.2) is 0 Å². The Kier molecular flexibility index (Phi) is 15.3. The molecule has 0 amide bonds. The van der Waals surface area contributed by atoms with Gasteiger partial charge in [-0.25, -0.2) is 0 Å². The quantitative estimate of drug-likeness (QED) is 0.211. The van der Waals surface area contributed by atoms with E-state index in [1.54, 1.807) is 6.92 Å². The zero-order valence-corrected chi connectivity index (χ0v) is 17.9. The van der Waals surface area contributed by atoms with Crippen molar-refractivity contribution in [2.75, 3.05) is 6.61 Å². The molecule has 0 bridgehead atoms. The maximum atomic E-state index is 11.9. The third-order valence-corrected chi connectivity index (χ3v) is 5.84. The summed E-state index contributed by atoms with van der Waals surface area (Å²) < 4.78 is 0. The number of aliphatic hydroxyl groups excluding tert-OH is 1. The Hall–Kier alpha value is -1.63. The third kappa shape index (κ3) is 11.8. The molecule has 7 nitrogen and oxygen atoms in total. The Labute approximate surface area is 174 Å². The van der Waals surface area contributed by atoms with Crippen LogP contribution in [-0.2, 0) is 14.4 Å². The van der Waals surface area contributed by atoms with Crippen molar-refractivity contribution in [1.29, 1.82) is 0 Å². The maximum absolute atomic E-state index is 11.9. The van der Waals surface area contributed by atoms with Gasteiger partial charge in [0.2, 0.25) is 0 Å². The largest absolute Gasteiger partial charge is 0.481 e. The lowest BCUT2D eigenvalue weighted by Gasteiger charge is -2.34. The van der Waals surface area contributed by atoms with Crippen molar-refractivity contribution < 1.29 is 34.8 Å². The monoisotopic (exact) mass is 416 g/mol. The van der Waals surface area contributed by atoms with Gasteiger partial charge < -0.3 is 20.4 Å². The molecule has 0 aliphatic rings. The highest BCUT2D eigenvalue weighted by Gasteiger charge is 2.48. The lowest BCUT2D eigenvalue weighted by atomic mass is 9.67. The van der Waals surface area contributed by atoms with Gasteiger partial charge in [-0.1, -0.05) is 77.6 Å². The number of unbranched alkanes of at least 4 members (excludes halogenated alkanes) is 10. The topological polar surface area (TPSA) is 132 Å². The molecular weight excluding hydrogens is 376 g/mol. The Morgan fingerprint density at radius 2 is 1.07 bits per heavy atom. The highest BCUT2D eigenvalue weighted by Crippen LogP contribution is 2.41. The third-order valence-electron chi connectivity index (χ3n) is 5.84. The van der Waals surface area contributed by atoms with E-state index in [4.69, 9.17) is 15.3 Å². The molecule has 0 aliphatic heterocycles. The molecule has 0 fully saturated rings. The summed E-state index contributed by atoms with van der Waals surface area (Å²) in [6.07, 6.45) is 11.5. The standard InChI is InChI=1S/C22H40O7/c1-2-18(22(21(28)29,16-19(24)25)17-20(26)27)14-12-10-8-6-4-3-5-7-9-11-13-15-23/h18,23H,2-17H2,1H3,(H,24,25)(H,26,27)(H,28,29). The van der Waals surface area contributed by atoms with Crippen LogP contribution in [0.25, 0.3) is 0 Å². The van der Waals surface area contributed by atoms with E-state index >= 15 is 0 Å². The van der Waals surface area contributed by atoms with Crippen molar-refractivity contribution in [1.82, 2.24) is 0 Å². The van der Waals surface area contributed by atoms with Crippen LogP contribution in [-0.4, -0.2) is 44.9 Å². The summed E-state index contributed by atoms with van der Waals surface area (Å²) in [5, 5.41) is 36.7. The molecule has 0 aromatic rings. The van der Waals surface area contributed by atoms with Crippen molar-refractivity contribution in [3.8, 4) is 0 Å². The van der Waals surface area contributed by atoms with Gasteiger partial charge in [-0.3, -0.25) is 14.4 Å². The zero-order valence-electron chi connectivity index (χ0n) is 17.9. The first-order chi connectivity index (χ1) is 13.8. The Balaban J connectivity index is 4.29. The van der Waals surface area contributed by atoms with E-state index in [0.717, 1.165) is 38.5 Å². The molecule has 7 heteroatoms. The van der Waals surface area contributed by atoms with Gasteiger partial charge in [-0.05, 0) is 18.8 Å². The smallest absolute Gasteiger partial charge is 0.311 e. The van der Waals surface area contributed by atoms with Crippen LogP contribution in [0.5, 0.6) is 0 Å². The molecule has 0 heterocycles. The van der Waals surface area contributed by atoms with E-state index in [-0.39, 0.29) is 6.61 Å². The van der Waals surface area contributed by atoms with E-state index in [2.05, 4.69) is 0 Å². The van der Waals surface area contributed by atoms with Crippen LogP contribution < -0.4 is 0 Å². The van der Waals surface area contributed by atoms with E-state index in [1.807, 2.05) is 0 Å². The minimum absolute atomic E-state index is 0.277. The SMILES string of the molecule is CCC(CCCCCCCCCCCCCO)C(CC(=O)O)(CC(=O)O)C(=O)O. The molecule has 1 unspecified atom stereocenters. The lowest BCUT2D eigenvalue weighted by molar-refractivity contribution is -0.165.